The summed E-state index contributed by atoms with van der Waals surface area (Å²) >= 11 is 8.67. The molecule has 0 spiro atoms. The number of carbonyl (C=O) groups is 1. The van der Waals surface area contributed by atoms with E-state index in [0.29, 0.717) is 15.8 Å². The van der Waals surface area contributed by atoms with Crippen LogP contribution in [0.15, 0.2) is 22.5 Å². The number of hydrogen-bond donors (Lipinski definition) is 1. The third-order valence-electron chi connectivity index (χ3n) is 3.56. The van der Waals surface area contributed by atoms with Crippen molar-refractivity contribution in [1.29, 1.82) is 0 Å². The van der Waals surface area contributed by atoms with Crippen molar-refractivity contribution in [2.75, 3.05) is 28.7 Å². The van der Waals surface area contributed by atoms with Crippen molar-refractivity contribution in [2.24, 2.45) is 0 Å². The molecule has 12 heteroatoms. The van der Waals surface area contributed by atoms with Gasteiger partial charge in [0.2, 0.25) is 15.2 Å². The van der Waals surface area contributed by atoms with E-state index in [-0.39, 0.29) is 18.7 Å². The SMILES string of the molecule is CSc1nnc(NC(=O)[C@H]2CCN(S(C)(=O)=O)c3cc(Cl)ccc3O2)s1. The minimum absolute atomic E-state index is 0.0937. The van der Waals surface area contributed by atoms with Gasteiger partial charge < -0.3 is 4.74 Å². The molecule has 1 aliphatic rings. The Morgan fingerprint density at radius 3 is 2.88 bits per heavy atom. The van der Waals surface area contributed by atoms with Crippen LogP contribution < -0.4 is 14.4 Å². The summed E-state index contributed by atoms with van der Waals surface area (Å²) in [6, 6.07) is 4.64. The maximum absolute atomic E-state index is 12.6. The molecule has 140 valence electrons. The molecule has 1 aliphatic heterocycles. The summed E-state index contributed by atoms with van der Waals surface area (Å²) in [6.45, 7) is 0.0937. The van der Waals surface area contributed by atoms with Gasteiger partial charge in [-0.3, -0.25) is 14.4 Å². The van der Waals surface area contributed by atoms with Gasteiger partial charge in [0, 0.05) is 18.0 Å². The number of amides is 1. The number of thioether (sulfide) groups is 1. The molecule has 0 fully saturated rings. The van der Waals surface area contributed by atoms with Crippen LogP contribution in [0, 0.1) is 0 Å². The highest BCUT2D eigenvalue weighted by Crippen LogP contribution is 2.36. The predicted molar refractivity (Wildman–Crippen MR) is 103 cm³/mol. The molecule has 26 heavy (non-hydrogen) atoms. The summed E-state index contributed by atoms with van der Waals surface area (Å²) < 4.78 is 31.9. The van der Waals surface area contributed by atoms with Crippen LogP contribution in [0.2, 0.25) is 5.02 Å². The Labute approximate surface area is 163 Å². The summed E-state index contributed by atoms with van der Waals surface area (Å²) in [4.78, 5) is 12.6. The van der Waals surface area contributed by atoms with Crippen LogP contribution in [0.1, 0.15) is 6.42 Å². The van der Waals surface area contributed by atoms with Crippen molar-refractivity contribution in [3.05, 3.63) is 23.2 Å². The highest BCUT2D eigenvalue weighted by molar-refractivity contribution is 8.00. The van der Waals surface area contributed by atoms with Crippen LogP contribution in [-0.4, -0.2) is 49.7 Å². The second kappa shape index (κ2) is 7.59. The zero-order chi connectivity index (χ0) is 18.9. The van der Waals surface area contributed by atoms with E-state index in [0.717, 1.165) is 10.6 Å². The minimum atomic E-state index is -3.55. The fourth-order valence-corrected chi connectivity index (χ4v) is 4.69. The smallest absolute Gasteiger partial charge is 0.267 e. The molecule has 0 unspecified atom stereocenters. The fourth-order valence-electron chi connectivity index (χ4n) is 2.41. The van der Waals surface area contributed by atoms with Crippen molar-refractivity contribution >= 4 is 61.4 Å². The van der Waals surface area contributed by atoms with Crippen LogP contribution in [0.4, 0.5) is 10.8 Å². The van der Waals surface area contributed by atoms with Gasteiger partial charge >= 0.3 is 0 Å². The van der Waals surface area contributed by atoms with E-state index >= 15 is 0 Å². The molecule has 1 aromatic carbocycles. The first-order valence-electron chi connectivity index (χ1n) is 7.40. The Bertz CT molecular complexity index is 934. The number of nitrogens with one attached hydrogen (secondary N) is 1. The van der Waals surface area contributed by atoms with Crippen molar-refractivity contribution in [3.8, 4) is 5.75 Å². The van der Waals surface area contributed by atoms with Crippen molar-refractivity contribution in [1.82, 2.24) is 10.2 Å². The van der Waals surface area contributed by atoms with Gasteiger partial charge in [-0.2, -0.15) is 0 Å². The van der Waals surface area contributed by atoms with Gasteiger partial charge in [-0.15, -0.1) is 10.2 Å². The molecule has 1 aromatic heterocycles. The van der Waals surface area contributed by atoms with E-state index in [1.54, 1.807) is 12.1 Å². The third kappa shape index (κ3) is 4.22. The first-order valence-corrected chi connectivity index (χ1v) is 11.7. The van der Waals surface area contributed by atoms with Gasteiger partial charge in [0.15, 0.2) is 10.4 Å². The molecule has 0 saturated heterocycles. The second-order valence-electron chi connectivity index (χ2n) is 5.41. The summed E-state index contributed by atoms with van der Waals surface area (Å²) in [5.74, 6) is -0.135. The number of sulfonamides is 1. The Kier molecular flexibility index (Phi) is 5.61. The minimum Gasteiger partial charge on any atom is -0.478 e. The predicted octanol–water partition coefficient (Wildman–Crippen LogP) is 2.47. The van der Waals surface area contributed by atoms with E-state index in [2.05, 4.69) is 15.5 Å². The van der Waals surface area contributed by atoms with Gasteiger partial charge in [0.05, 0.1) is 11.9 Å². The Hall–Kier alpha value is -1.56. The molecule has 0 saturated carbocycles. The Balaban J connectivity index is 1.85. The quantitative estimate of drug-likeness (QED) is 0.582. The van der Waals surface area contributed by atoms with Gasteiger partial charge in [-0.05, 0) is 24.5 Å². The van der Waals surface area contributed by atoms with Gasteiger partial charge in [0.25, 0.3) is 5.91 Å². The normalized spacial score (nSPS) is 17.2. The number of nitrogens with zero attached hydrogens (tertiary/aromatic N) is 3. The molecular weight excluding hydrogens is 420 g/mol. The summed E-state index contributed by atoms with van der Waals surface area (Å²) in [6.07, 6.45) is 2.27. The Morgan fingerprint density at radius 1 is 1.46 bits per heavy atom. The van der Waals surface area contributed by atoms with E-state index in [1.165, 1.54) is 33.5 Å². The Morgan fingerprint density at radius 2 is 2.23 bits per heavy atom. The monoisotopic (exact) mass is 434 g/mol. The van der Waals surface area contributed by atoms with Crippen molar-refractivity contribution < 1.29 is 17.9 Å². The number of carbonyl (C=O) groups excluding carboxylic acids is 1. The summed E-state index contributed by atoms with van der Waals surface area (Å²) in [5, 5.41) is 11.2. The number of hydrogen-bond acceptors (Lipinski definition) is 8. The average Bonchev–Trinajstić information content (AvgIpc) is 2.92. The molecule has 2 aromatic rings. The van der Waals surface area contributed by atoms with E-state index in [9.17, 15) is 13.2 Å². The molecule has 0 bridgehead atoms. The van der Waals surface area contributed by atoms with Crippen molar-refractivity contribution in [3.63, 3.8) is 0 Å². The highest BCUT2D eigenvalue weighted by Gasteiger charge is 2.31. The first-order chi connectivity index (χ1) is 12.3. The van der Waals surface area contributed by atoms with Crippen LogP contribution >= 0.6 is 34.7 Å². The lowest BCUT2D eigenvalue weighted by Gasteiger charge is -2.21. The number of fused-ring (bicyclic) bond motifs is 1. The van der Waals surface area contributed by atoms with Crippen LogP contribution in [0.5, 0.6) is 5.75 Å². The third-order valence-corrected chi connectivity index (χ3v) is 6.79. The van der Waals surface area contributed by atoms with Crippen LogP contribution in [0.3, 0.4) is 0 Å². The maximum Gasteiger partial charge on any atom is 0.267 e. The molecular formula is C14H15ClN4O4S3. The second-order valence-corrected chi connectivity index (χ2v) is 9.78. The van der Waals surface area contributed by atoms with Gasteiger partial charge in [-0.25, -0.2) is 8.42 Å². The fraction of sp³-hybridized carbons (Fsp3) is 0.357. The number of halogens is 1. The average molecular weight is 435 g/mol. The van der Waals surface area contributed by atoms with E-state index in [4.69, 9.17) is 16.3 Å². The zero-order valence-corrected chi connectivity index (χ0v) is 17.0. The van der Waals surface area contributed by atoms with E-state index in [1.807, 2.05) is 6.26 Å². The number of rotatable bonds is 4. The maximum atomic E-state index is 12.6. The van der Waals surface area contributed by atoms with Crippen LogP contribution in [-0.2, 0) is 14.8 Å². The highest BCUT2D eigenvalue weighted by atomic mass is 35.5. The molecule has 3 rings (SSSR count). The number of anilines is 2. The topological polar surface area (TPSA) is 101 Å². The first kappa shape index (κ1) is 19.2. The molecule has 0 aliphatic carbocycles. The summed E-state index contributed by atoms with van der Waals surface area (Å²) in [5.41, 5.74) is 0.316. The lowest BCUT2D eigenvalue weighted by molar-refractivity contribution is -0.122. The standard InChI is InChI=1S/C14H15ClN4O4S3/c1-24-14-18-17-13(25-14)16-12(20)11-5-6-19(26(2,21)22)9-7-8(15)3-4-10(9)23-11/h3-4,7,11H,5-6H2,1-2H3,(H,16,17,20)/t11-/m1/s1. The number of ether oxygens (including phenoxy) is 1. The molecule has 1 atom stereocenters. The van der Waals surface area contributed by atoms with Crippen LogP contribution in [0.25, 0.3) is 0 Å². The molecule has 2 heterocycles. The molecule has 1 amide bonds. The number of benzene rings is 1. The molecule has 1 N–H and O–H groups in total. The van der Waals surface area contributed by atoms with Gasteiger partial charge in [0.1, 0.15) is 5.75 Å². The molecule has 0 radical (unpaired) electrons. The van der Waals surface area contributed by atoms with E-state index < -0.39 is 22.0 Å². The largest absolute Gasteiger partial charge is 0.478 e. The lowest BCUT2D eigenvalue weighted by Crippen LogP contribution is -2.35. The lowest BCUT2D eigenvalue weighted by atomic mass is 10.2. The number of aromatic nitrogens is 2. The van der Waals surface area contributed by atoms with Gasteiger partial charge in [-0.1, -0.05) is 34.7 Å². The summed E-state index contributed by atoms with van der Waals surface area (Å²) in [7, 11) is -3.55. The molecule has 8 nitrogen and oxygen atoms in total. The van der Waals surface area contributed by atoms with Crippen molar-refractivity contribution in [2.45, 2.75) is 16.9 Å². The zero-order valence-electron chi connectivity index (χ0n) is 13.8.